The fourth-order valence-electron chi connectivity index (χ4n) is 1.66. The number of ether oxygens (including phenoxy) is 1. The SMILES string of the molecule is CC(C)(C)OC[C@@H](O)CN1CCCC1. The Morgan fingerprint density at radius 2 is 1.86 bits per heavy atom. The first-order valence-electron chi connectivity index (χ1n) is 5.52. The Morgan fingerprint density at radius 1 is 1.29 bits per heavy atom. The monoisotopic (exact) mass is 201 g/mol. The highest BCUT2D eigenvalue weighted by Crippen LogP contribution is 2.10. The number of rotatable bonds is 4. The topological polar surface area (TPSA) is 32.7 Å². The molecule has 0 aromatic carbocycles. The van der Waals surface area contributed by atoms with Crippen LogP contribution in [0.4, 0.5) is 0 Å². The number of likely N-dealkylation sites (tertiary alicyclic amines) is 1. The third-order valence-electron chi connectivity index (χ3n) is 2.38. The van der Waals surface area contributed by atoms with Gasteiger partial charge in [-0.2, -0.15) is 0 Å². The predicted molar refractivity (Wildman–Crippen MR) is 57.4 cm³/mol. The van der Waals surface area contributed by atoms with Gasteiger partial charge in [-0.25, -0.2) is 0 Å². The van der Waals surface area contributed by atoms with Gasteiger partial charge in [0.1, 0.15) is 0 Å². The lowest BCUT2D eigenvalue weighted by molar-refractivity contribution is -0.0547. The summed E-state index contributed by atoms with van der Waals surface area (Å²) in [6.45, 7) is 9.50. The van der Waals surface area contributed by atoms with Gasteiger partial charge in [0.05, 0.1) is 18.3 Å². The van der Waals surface area contributed by atoms with Crippen LogP contribution in [0.1, 0.15) is 33.6 Å². The molecule has 84 valence electrons. The summed E-state index contributed by atoms with van der Waals surface area (Å²) >= 11 is 0. The summed E-state index contributed by atoms with van der Waals surface area (Å²) in [5.74, 6) is 0. The van der Waals surface area contributed by atoms with Crippen LogP contribution in [0.3, 0.4) is 0 Å². The molecule has 1 fully saturated rings. The van der Waals surface area contributed by atoms with Crippen LogP contribution >= 0.6 is 0 Å². The summed E-state index contributed by atoms with van der Waals surface area (Å²) in [6.07, 6.45) is 2.20. The second-order valence-electron chi connectivity index (χ2n) is 5.08. The van der Waals surface area contributed by atoms with E-state index in [1.165, 1.54) is 12.8 Å². The Bertz CT molecular complexity index is 159. The molecule has 0 radical (unpaired) electrons. The van der Waals surface area contributed by atoms with Gasteiger partial charge >= 0.3 is 0 Å². The maximum Gasteiger partial charge on any atom is 0.0900 e. The van der Waals surface area contributed by atoms with Gasteiger partial charge in [0.25, 0.3) is 0 Å². The zero-order valence-electron chi connectivity index (χ0n) is 9.62. The summed E-state index contributed by atoms with van der Waals surface area (Å²) in [7, 11) is 0. The molecule has 0 aromatic rings. The zero-order chi connectivity index (χ0) is 10.6. The lowest BCUT2D eigenvalue weighted by atomic mass is 10.2. The van der Waals surface area contributed by atoms with Gasteiger partial charge in [0, 0.05) is 6.54 Å². The first-order valence-corrected chi connectivity index (χ1v) is 5.52. The molecule has 0 aliphatic carbocycles. The largest absolute Gasteiger partial charge is 0.389 e. The number of β-amino-alcohol motifs (C(OH)–C–C–N with tert-alkyl or cyclic N) is 1. The first kappa shape index (κ1) is 12.0. The fraction of sp³-hybridized carbons (Fsp3) is 1.00. The molecule has 0 aromatic heterocycles. The van der Waals surface area contributed by atoms with Crippen molar-refractivity contribution in [2.45, 2.75) is 45.3 Å². The Balaban J connectivity index is 2.12. The molecule has 1 N–H and O–H groups in total. The molecule has 1 aliphatic rings. The Labute approximate surface area is 87.1 Å². The minimum Gasteiger partial charge on any atom is -0.389 e. The van der Waals surface area contributed by atoms with Crippen molar-refractivity contribution in [3.05, 3.63) is 0 Å². The minimum absolute atomic E-state index is 0.147. The summed E-state index contributed by atoms with van der Waals surface area (Å²) in [5.41, 5.74) is -0.147. The lowest BCUT2D eigenvalue weighted by Gasteiger charge is -2.24. The van der Waals surface area contributed by atoms with E-state index in [1.807, 2.05) is 20.8 Å². The zero-order valence-corrected chi connectivity index (χ0v) is 9.62. The van der Waals surface area contributed by atoms with Crippen molar-refractivity contribution >= 4 is 0 Å². The van der Waals surface area contributed by atoms with E-state index in [4.69, 9.17) is 4.74 Å². The molecular weight excluding hydrogens is 178 g/mol. The van der Waals surface area contributed by atoms with Crippen molar-refractivity contribution in [1.82, 2.24) is 4.90 Å². The molecule has 0 amide bonds. The molecule has 3 heteroatoms. The quantitative estimate of drug-likeness (QED) is 0.743. The summed E-state index contributed by atoms with van der Waals surface area (Å²) in [4.78, 5) is 2.30. The average molecular weight is 201 g/mol. The number of hydrogen-bond acceptors (Lipinski definition) is 3. The summed E-state index contributed by atoms with van der Waals surface area (Å²) < 4.78 is 5.52. The molecule has 0 spiro atoms. The van der Waals surface area contributed by atoms with Gasteiger partial charge in [-0.15, -0.1) is 0 Å². The highest BCUT2D eigenvalue weighted by atomic mass is 16.5. The highest BCUT2D eigenvalue weighted by molar-refractivity contribution is 4.71. The van der Waals surface area contributed by atoms with Crippen LogP contribution in [0.15, 0.2) is 0 Å². The van der Waals surface area contributed by atoms with E-state index in [0.717, 1.165) is 19.6 Å². The second-order valence-corrected chi connectivity index (χ2v) is 5.08. The van der Waals surface area contributed by atoms with Crippen molar-refractivity contribution < 1.29 is 9.84 Å². The summed E-state index contributed by atoms with van der Waals surface area (Å²) in [5, 5.41) is 9.71. The van der Waals surface area contributed by atoms with E-state index in [-0.39, 0.29) is 11.7 Å². The van der Waals surface area contributed by atoms with Gasteiger partial charge in [-0.1, -0.05) is 0 Å². The first-order chi connectivity index (χ1) is 6.47. The van der Waals surface area contributed by atoms with Crippen LogP contribution in [-0.2, 0) is 4.74 Å². The van der Waals surface area contributed by atoms with Crippen LogP contribution in [0.2, 0.25) is 0 Å². The molecule has 1 heterocycles. The highest BCUT2D eigenvalue weighted by Gasteiger charge is 2.18. The summed E-state index contributed by atoms with van der Waals surface area (Å²) in [6, 6.07) is 0. The van der Waals surface area contributed by atoms with Crippen molar-refractivity contribution in [1.29, 1.82) is 0 Å². The number of aliphatic hydroxyl groups excluding tert-OH is 1. The van der Waals surface area contributed by atoms with Crippen molar-refractivity contribution in [2.24, 2.45) is 0 Å². The van der Waals surface area contributed by atoms with E-state index < -0.39 is 0 Å². The van der Waals surface area contributed by atoms with E-state index in [1.54, 1.807) is 0 Å². The molecule has 1 atom stereocenters. The van der Waals surface area contributed by atoms with Crippen molar-refractivity contribution in [3.8, 4) is 0 Å². The molecular formula is C11H23NO2. The van der Waals surface area contributed by atoms with Gasteiger partial charge < -0.3 is 14.7 Å². The van der Waals surface area contributed by atoms with Crippen LogP contribution in [0, 0.1) is 0 Å². The van der Waals surface area contributed by atoms with Gasteiger partial charge in [-0.3, -0.25) is 0 Å². The lowest BCUT2D eigenvalue weighted by Crippen LogP contribution is -2.35. The maximum absolute atomic E-state index is 9.71. The normalized spacial score (nSPS) is 21.4. The maximum atomic E-state index is 9.71. The Hall–Kier alpha value is -0.120. The van der Waals surface area contributed by atoms with Crippen molar-refractivity contribution in [2.75, 3.05) is 26.2 Å². The fourth-order valence-corrected chi connectivity index (χ4v) is 1.66. The average Bonchev–Trinajstić information content (AvgIpc) is 2.52. The van der Waals surface area contributed by atoms with Crippen LogP contribution in [0.25, 0.3) is 0 Å². The third-order valence-corrected chi connectivity index (χ3v) is 2.38. The molecule has 0 saturated carbocycles. The smallest absolute Gasteiger partial charge is 0.0900 e. The molecule has 1 saturated heterocycles. The Kier molecular flexibility index (Phi) is 4.35. The molecule has 0 bridgehead atoms. The van der Waals surface area contributed by atoms with Crippen LogP contribution in [-0.4, -0.2) is 48.0 Å². The van der Waals surface area contributed by atoms with Gasteiger partial charge in [-0.05, 0) is 46.7 Å². The van der Waals surface area contributed by atoms with Gasteiger partial charge in [0.15, 0.2) is 0 Å². The standard InChI is InChI=1S/C11H23NO2/c1-11(2,3)14-9-10(13)8-12-6-4-5-7-12/h10,13H,4-9H2,1-3H3/t10-/m0/s1. The second kappa shape index (κ2) is 5.10. The minimum atomic E-state index is -0.340. The number of hydrogen-bond donors (Lipinski definition) is 1. The number of aliphatic hydroxyl groups is 1. The van der Waals surface area contributed by atoms with E-state index in [0.29, 0.717) is 6.61 Å². The van der Waals surface area contributed by atoms with Crippen LogP contribution < -0.4 is 0 Å². The third kappa shape index (κ3) is 4.94. The molecule has 3 nitrogen and oxygen atoms in total. The predicted octanol–water partition coefficient (Wildman–Crippen LogP) is 1.26. The van der Waals surface area contributed by atoms with Gasteiger partial charge in [0.2, 0.25) is 0 Å². The molecule has 14 heavy (non-hydrogen) atoms. The van der Waals surface area contributed by atoms with Crippen LogP contribution in [0.5, 0.6) is 0 Å². The number of nitrogens with zero attached hydrogens (tertiary/aromatic N) is 1. The van der Waals surface area contributed by atoms with E-state index in [2.05, 4.69) is 4.90 Å². The Morgan fingerprint density at radius 3 is 2.36 bits per heavy atom. The van der Waals surface area contributed by atoms with Crippen molar-refractivity contribution in [3.63, 3.8) is 0 Å². The van der Waals surface area contributed by atoms with E-state index in [9.17, 15) is 5.11 Å². The molecule has 0 unspecified atom stereocenters. The molecule has 1 rings (SSSR count). The van der Waals surface area contributed by atoms with E-state index >= 15 is 0 Å². The molecule has 1 aliphatic heterocycles.